The fourth-order valence-corrected chi connectivity index (χ4v) is 1.95. The first-order valence-corrected chi connectivity index (χ1v) is 5.74. The van der Waals surface area contributed by atoms with Crippen LogP contribution in [-0.4, -0.2) is 25.8 Å². The zero-order valence-electron chi connectivity index (χ0n) is 10.4. The van der Waals surface area contributed by atoms with E-state index in [4.69, 9.17) is 0 Å². The van der Waals surface area contributed by atoms with Crippen molar-refractivity contribution in [2.75, 3.05) is 0 Å². The van der Waals surface area contributed by atoms with Crippen molar-refractivity contribution >= 4 is 5.97 Å². The molecule has 1 N–H and O–H groups in total. The lowest BCUT2D eigenvalue weighted by atomic mass is 10.1. The molecule has 5 nitrogen and oxygen atoms in total. The Morgan fingerprint density at radius 3 is 2.50 bits per heavy atom. The van der Waals surface area contributed by atoms with Crippen LogP contribution in [0.25, 0.3) is 0 Å². The number of aliphatic carboxylic acids is 1. The predicted molar refractivity (Wildman–Crippen MR) is 66.3 cm³/mol. The summed E-state index contributed by atoms with van der Waals surface area (Å²) in [7, 11) is 0. The summed E-state index contributed by atoms with van der Waals surface area (Å²) in [5.41, 5.74) is 0.970. The molecule has 2 rings (SSSR count). The molecule has 5 heteroatoms. The Bertz CT molecular complexity index is 549. The van der Waals surface area contributed by atoms with Gasteiger partial charge in [0, 0.05) is 6.42 Å². The van der Waals surface area contributed by atoms with E-state index in [0.717, 1.165) is 5.56 Å². The summed E-state index contributed by atoms with van der Waals surface area (Å²) < 4.78 is 1.48. The predicted octanol–water partition coefficient (Wildman–Crippen LogP) is 1.76. The molecule has 1 unspecified atom stereocenters. The molecule has 0 fully saturated rings. The average Bonchev–Trinajstić information content (AvgIpc) is 2.66. The molecule has 0 saturated carbocycles. The Labute approximate surface area is 105 Å². The lowest BCUT2D eigenvalue weighted by Crippen LogP contribution is -2.23. The van der Waals surface area contributed by atoms with Crippen LogP contribution in [0.1, 0.15) is 23.3 Å². The van der Waals surface area contributed by atoms with E-state index in [2.05, 4.69) is 10.1 Å². The van der Waals surface area contributed by atoms with Crippen molar-refractivity contribution in [1.82, 2.24) is 14.8 Å². The molecule has 1 heterocycles. The second-order valence-corrected chi connectivity index (χ2v) is 4.19. The van der Waals surface area contributed by atoms with Crippen LogP contribution in [0, 0.1) is 13.8 Å². The quantitative estimate of drug-likeness (QED) is 0.891. The van der Waals surface area contributed by atoms with Gasteiger partial charge in [0.05, 0.1) is 0 Å². The van der Waals surface area contributed by atoms with E-state index in [1.807, 2.05) is 30.3 Å². The minimum Gasteiger partial charge on any atom is -0.480 e. The van der Waals surface area contributed by atoms with Crippen molar-refractivity contribution in [2.45, 2.75) is 26.3 Å². The first-order valence-electron chi connectivity index (χ1n) is 5.74. The standard InChI is InChI=1S/C13H15N3O2/c1-9-14-10(2)16(15-9)12(13(17)18)8-11-6-4-3-5-7-11/h3-7,12H,8H2,1-2H3,(H,17,18). The van der Waals surface area contributed by atoms with Crippen LogP contribution in [0.5, 0.6) is 0 Å². The maximum absolute atomic E-state index is 11.4. The second-order valence-electron chi connectivity index (χ2n) is 4.19. The Kier molecular flexibility index (Phi) is 3.41. The van der Waals surface area contributed by atoms with E-state index in [0.29, 0.717) is 18.1 Å². The molecule has 0 aliphatic heterocycles. The highest BCUT2D eigenvalue weighted by atomic mass is 16.4. The van der Waals surface area contributed by atoms with Crippen molar-refractivity contribution < 1.29 is 9.90 Å². The van der Waals surface area contributed by atoms with E-state index < -0.39 is 12.0 Å². The molecule has 2 aromatic rings. The number of benzene rings is 1. The third-order valence-corrected chi connectivity index (χ3v) is 2.76. The molecular formula is C13H15N3O2. The fourth-order valence-electron chi connectivity index (χ4n) is 1.95. The molecule has 1 atom stereocenters. The zero-order chi connectivity index (χ0) is 13.1. The monoisotopic (exact) mass is 245 g/mol. The van der Waals surface area contributed by atoms with Gasteiger partial charge in [0.25, 0.3) is 0 Å². The number of hydrogen-bond acceptors (Lipinski definition) is 3. The lowest BCUT2D eigenvalue weighted by molar-refractivity contribution is -0.141. The summed E-state index contributed by atoms with van der Waals surface area (Å²) in [5.74, 6) is 0.314. The number of rotatable bonds is 4. The maximum atomic E-state index is 11.4. The highest BCUT2D eigenvalue weighted by Gasteiger charge is 2.23. The molecular weight excluding hydrogens is 230 g/mol. The van der Waals surface area contributed by atoms with E-state index in [-0.39, 0.29) is 0 Å². The molecule has 0 aliphatic carbocycles. The van der Waals surface area contributed by atoms with Gasteiger partial charge in [-0.2, -0.15) is 5.10 Å². The van der Waals surface area contributed by atoms with Gasteiger partial charge < -0.3 is 5.11 Å². The Morgan fingerprint density at radius 1 is 1.33 bits per heavy atom. The molecule has 0 spiro atoms. The van der Waals surface area contributed by atoms with Crippen LogP contribution >= 0.6 is 0 Å². The fraction of sp³-hybridized carbons (Fsp3) is 0.308. The summed E-state index contributed by atoms with van der Waals surface area (Å²) in [6.07, 6.45) is 0.403. The lowest BCUT2D eigenvalue weighted by Gasteiger charge is -2.13. The van der Waals surface area contributed by atoms with Gasteiger partial charge in [-0.1, -0.05) is 30.3 Å². The van der Waals surface area contributed by atoms with Crippen molar-refractivity contribution in [3.05, 3.63) is 47.5 Å². The zero-order valence-corrected chi connectivity index (χ0v) is 10.4. The van der Waals surface area contributed by atoms with Crippen LogP contribution in [0.15, 0.2) is 30.3 Å². The van der Waals surface area contributed by atoms with Gasteiger partial charge in [0.15, 0.2) is 6.04 Å². The third kappa shape index (κ3) is 2.56. The first-order chi connectivity index (χ1) is 8.58. The summed E-state index contributed by atoms with van der Waals surface area (Å²) in [5, 5.41) is 13.5. The van der Waals surface area contributed by atoms with Crippen LogP contribution in [0.2, 0.25) is 0 Å². The number of carboxylic acids is 1. The van der Waals surface area contributed by atoms with Gasteiger partial charge in [-0.3, -0.25) is 0 Å². The SMILES string of the molecule is Cc1nc(C)n(C(Cc2ccccc2)C(=O)O)n1. The van der Waals surface area contributed by atoms with Crippen molar-refractivity contribution in [3.8, 4) is 0 Å². The number of carbonyl (C=O) groups is 1. The summed E-state index contributed by atoms with van der Waals surface area (Å²) >= 11 is 0. The normalized spacial score (nSPS) is 12.3. The van der Waals surface area contributed by atoms with Crippen LogP contribution in [-0.2, 0) is 11.2 Å². The number of aromatic nitrogens is 3. The number of aryl methyl sites for hydroxylation is 2. The van der Waals surface area contributed by atoms with Crippen LogP contribution in [0.3, 0.4) is 0 Å². The Morgan fingerprint density at radius 2 is 2.00 bits per heavy atom. The molecule has 1 aromatic carbocycles. The first kappa shape index (κ1) is 12.3. The van der Waals surface area contributed by atoms with Gasteiger partial charge in [-0.05, 0) is 19.4 Å². The number of carboxylic acid groups (broad SMARTS) is 1. The van der Waals surface area contributed by atoms with Crippen LogP contribution < -0.4 is 0 Å². The van der Waals surface area contributed by atoms with Crippen molar-refractivity contribution in [2.24, 2.45) is 0 Å². The summed E-state index contributed by atoms with van der Waals surface area (Å²) in [6, 6.07) is 8.81. The molecule has 0 saturated heterocycles. The second kappa shape index (κ2) is 5.00. The van der Waals surface area contributed by atoms with Gasteiger partial charge >= 0.3 is 5.97 Å². The van der Waals surface area contributed by atoms with Gasteiger partial charge in [0.2, 0.25) is 0 Å². The highest BCUT2D eigenvalue weighted by Crippen LogP contribution is 2.15. The molecule has 0 bridgehead atoms. The summed E-state index contributed by atoms with van der Waals surface area (Å²) in [4.78, 5) is 15.5. The Balaban J connectivity index is 2.30. The molecule has 0 amide bonds. The average molecular weight is 245 g/mol. The van der Waals surface area contributed by atoms with E-state index >= 15 is 0 Å². The number of hydrogen-bond donors (Lipinski definition) is 1. The topological polar surface area (TPSA) is 68.0 Å². The smallest absolute Gasteiger partial charge is 0.328 e. The highest BCUT2D eigenvalue weighted by molar-refractivity contribution is 5.72. The molecule has 0 radical (unpaired) electrons. The maximum Gasteiger partial charge on any atom is 0.328 e. The van der Waals surface area contributed by atoms with Crippen molar-refractivity contribution in [1.29, 1.82) is 0 Å². The van der Waals surface area contributed by atoms with Crippen molar-refractivity contribution in [3.63, 3.8) is 0 Å². The van der Waals surface area contributed by atoms with Crippen LogP contribution in [0.4, 0.5) is 0 Å². The molecule has 1 aromatic heterocycles. The molecule has 0 aliphatic rings. The number of nitrogens with zero attached hydrogens (tertiary/aromatic N) is 3. The van der Waals surface area contributed by atoms with E-state index in [9.17, 15) is 9.90 Å². The van der Waals surface area contributed by atoms with E-state index in [1.54, 1.807) is 13.8 Å². The van der Waals surface area contributed by atoms with Gasteiger partial charge in [0.1, 0.15) is 11.6 Å². The molecule has 94 valence electrons. The van der Waals surface area contributed by atoms with Gasteiger partial charge in [-0.15, -0.1) is 0 Å². The molecule has 18 heavy (non-hydrogen) atoms. The summed E-state index contributed by atoms with van der Waals surface area (Å²) in [6.45, 7) is 3.52. The minimum atomic E-state index is -0.896. The Hall–Kier alpha value is -2.17. The van der Waals surface area contributed by atoms with E-state index in [1.165, 1.54) is 4.68 Å². The largest absolute Gasteiger partial charge is 0.480 e. The third-order valence-electron chi connectivity index (χ3n) is 2.76. The minimum absolute atomic E-state index is 0.403. The van der Waals surface area contributed by atoms with Gasteiger partial charge in [-0.25, -0.2) is 14.5 Å².